The minimum atomic E-state index is -0.294. The van der Waals surface area contributed by atoms with Crippen LogP contribution in [0.2, 0.25) is 0 Å². The van der Waals surface area contributed by atoms with Gasteiger partial charge in [0.1, 0.15) is 5.82 Å². The summed E-state index contributed by atoms with van der Waals surface area (Å²) in [5.74, 6) is -0.294. The third-order valence-corrected chi connectivity index (χ3v) is 3.51. The van der Waals surface area contributed by atoms with Gasteiger partial charge in [0.05, 0.1) is 12.3 Å². The molecule has 5 nitrogen and oxygen atoms in total. The van der Waals surface area contributed by atoms with E-state index >= 15 is 0 Å². The molecule has 0 aromatic heterocycles. The Hall–Kier alpha value is -2.11. The van der Waals surface area contributed by atoms with Gasteiger partial charge in [-0.2, -0.15) is 0 Å². The highest BCUT2D eigenvalue weighted by atomic mass is 19.1. The molecule has 0 unspecified atom stereocenters. The van der Waals surface area contributed by atoms with E-state index in [1.54, 1.807) is 11.0 Å². The van der Waals surface area contributed by atoms with Gasteiger partial charge in [-0.05, 0) is 32.4 Å². The van der Waals surface area contributed by atoms with Crippen LogP contribution >= 0.6 is 0 Å². The van der Waals surface area contributed by atoms with Crippen LogP contribution in [-0.4, -0.2) is 41.9 Å². The van der Waals surface area contributed by atoms with E-state index < -0.39 is 0 Å². The van der Waals surface area contributed by atoms with Crippen LogP contribution in [0.3, 0.4) is 0 Å². The summed E-state index contributed by atoms with van der Waals surface area (Å²) in [6.07, 6.45) is 1.24. The van der Waals surface area contributed by atoms with Crippen LogP contribution in [0.4, 0.5) is 9.18 Å². The van der Waals surface area contributed by atoms with E-state index in [1.807, 2.05) is 26.8 Å². The van der Waals surface area contributed by atoms with Crippen molar-refractivity contribution in [2.45, 2.75) is 45.8 Å². The van der Waals surface area contributed by atoms with Crippen LogP contribution in [0.1, 0.15) is 39.2 Å². The fourth-order valence-corrected chi connectivity index (χ4v) is 2.49. The van der Waals surface area contributed by atoms with Crippen molar-refractivity contribution in [2.75, 3.05) is 13.1 Å². The molecule has 6 heteroatoms. The molecule has 1 aromatic rings. The van der Waals surface area contributed by atoms with Crippen molar-refractivity contribution in [3.63, 3.8) is 0 Å². The highest BCUT2D eigenvalue weighted by Gasteiger charge is 2.26. The molecular formula is C17H24FN3O2. The van der Waals surface area contributed by atoms with E-state index in [2.05, 4.69) is 10.5 Å². The first-order chi connectivity index (χ1) is 11.0. The molecule has 0 saturated carbocycles. The number of oxime groups is 1. The second-order valence-electron chi connectivity index (χ2n) is 6.03. The van der Waals surface area contributed by atoms with E-state index in [0.717, 1.165) is 17.7 Å². The molecule has 0 spiro atoms. The number of rotatable bonds is 6. The Morgan fingerprint density at radius 1 is 1.52 bits per heavy atom. The maximum absolute atomic E-state index is 13.3. The predicted octanol–water partition coefficient (Wildman–Crippen LogP) is 3.15. The summed E-state index contributed by atoms with van der Waals surface area (Å²) < 4.78 is 13.3. The Bertz CT molecular complexity index is 575. The Kier molecular flexibility index (Phi) is 5.96. The molecular weight excluding hydrogens is 297 g/mol. The fourth-order valence-electron chi connectivity index (χ4n) is 2.49. The topological polar surface area (TPSA) is 53.9 Å². The number of hydrogen-bond acceptors (Lipinski definition) is 3. The minimum absolute atomic E-state index is 0.0884. The normalized spacial score (nSPS) is 16.9. The van der Waals surface area contributed by atoms with Gasteiger partial charge in [-0.25, -0.2) is 9.18 Å². The number of nitrogens with zero attached hydrogens (tertiary/aromatic N) is 2. The average Bonchev–Trinajstić information content (AvgIpc) is 2.95. The van der Waals surface area contributed by atoms with Crippen LogP contribution in [0.5, 0.6) is 0 Å². The van der Waals surface area contributed by atoms with Gasteiger partial charge in [-0.1, -0.05) is 24.2 Å². The SMILES string of the molecule is CCCN(C[C@H]1CC(c2cccc(F)c2)=NO1)C(=O)NC(C)C. The van der Waals surface area contributed by atoms with Crippen molar-refractivity contribution in [1.29, 1.82) is 0 Å². The molecule has 23 heavy (non-hydrogen) atoms. The molecule has 1 aromatic carbocycles. The zero-order chi connectivity index (χ0) is 16.8. The van der Waals surface area contributed by atoms with Crippen LogP contribution in [0, 0.1) is 5.82 Å². The highest BCUT2D eigenvalue weighted by Crippen LogP contribution is 2.18. The van der Waals surface area contributed by atoms with Gasteiger partial charge < -0.3 is 15.1 Å². The van der Waals surface area contributed by atoms with Gasteiger partial charge in [0.2, 0.25) is 0 Å². The summed E-state index contributed by atoms with van der Waals surface area (Å²) in [5.41, 5.74) is 1.44. The molecule has 1 aliphatic heterocycles. The van der Waals surface area contributed by atoms with Gasteiger partial charge in [0, 0.05) is 24.6 Å². The molecule has 1 aliphatic rings. The second kappa shape index (κ2) is 7.94. The summed E-state index contributed by atoms with van der Waals surface area (Å²) in [5, 5.41) is 6.95. The van der Waals surface area contributed by atoms with Crippen LogP contribution in [0.15, 0.2) is 29.4 Å². The first-order valence-electron chi connectivity index (χ1n) is 8.03. The molecule has 1 atom stereocenters. The monoisotopic (exact) mass is 321 g/mol. The van der Waals surface area contributed by atoms with E-state index in [0.29, 0.717) is 19.5 Å². The Morgan fingerprint density at radius 2 is 2.30 bits per heavy atom. The second-order valence-corrected chi connectivity index (χ2v) is 6.03. The molecule has 2 rings (SSSR count). The molecule has 0 fully saturated rings. The maximum Gasteiger partial charge on any atom is 0.317 e. The summed E-state index contributed by atoms with van der Waals surface area (Å²) in [4.78, 5) is 19.4. The van der Waals surface area contributed by atoms with E-state index in [4.69, 9.17) is 4.84 Å². The lowest BCUT2D eigenvalue weighted by Gasteiger charge is -2.25. The maximum atomic E-state index is 13.3. The molecule has 0 aliphatic carbocycles. The third kappa shape index (κ3) is 4.94. The van der Waals surface area contributed by atoms with Crippen molar-refractivity contribution in [2.24, 2.45) is 5.16 Å². The Morgan fingerprint density at radius 3 is 2.96 bits per heavy atom. The van der Waals surface area contributed by atoms with Crippen LogP contribution in [-0.2, 0) is 4.84 Å². The number of amides is 2. The zero-order valence-corrected chi connectivity index (χ0v) is 13.9. The van der Waals surface area contributed by atoms with Gasteiger partial charge in [-0.15, -0.1) is 0 Å². The smallest absolute Gasteiger partial charge is 0.317 e. The molecule has 126 valence electrons. The summed E-state index contributed by atoms with van der Waals surface area (Å²) in [6, 6.07) is 6.30. The first-order valence-corrected chi connectivity index (χ1v) is 8.03. The van der Waals surface area contributed by atoms with E-state index in [1.165, 1.54) is 12.1 Å². The van der Waals surface area contributed by atoms with Crippen molar-refractivity contribution in [3.8, 4) is 0 Å². The predicted molar refractivity (Wildman–Crippen MR) is 88.0 cm³/mol. The summed E-state index contributed by atoms with van der Waals surface area (Å²) >= 11 is 0. The Labute approximate surface area is 136 Å². The molecule has 0 saturated heterocycles. The molecule has 1 N–H and O–H groups in total. The quantitative estimate of drug-likeness (QED) is 0.875. The average molecular weight is 321 g/mol. The van der Waals surface area contributed by atoms with Gasteiger partial charge in [-0.3, -0.25) is 0 Å². The zero-order valence-electron chi connectivity index (χ0n) is 13.9. The van der Waals surface area contributed by atoms with Crippen molar-refractivity contribution < 1.29 is 14.0 Å². The lowest BCUT2D eigenvalue weighted by molar-refractivity contribution is 0.0603. The molecule has 0 bridgehead atoms. The number of carbonyl (C=O) groups is 1. The lowest BCUT2D eigenvalue weighted by Crippen LogP contribution is -2.46. The molecule has 1 heterocycles. The van der Waals surface area contributed by atoms with Crippen molar-refractivity contribution >= 4 is 11.7 Å². The summed E-state index contributed by atoms with van der Waals surface area (Å²) in [6.45, 7) is 7.01. The van der Waals surface area contributed by atoms with Crippen LogP contribution < -0.4 is 5.32 Å². The third-order valence-electron chi connectivity index (χ3n) is 3.51. The standard InChI is InChI=1S/C17H24FN3O2/c1-4-8-21(17(22)19-12(2)3)11-15-10-16(20-23-15)13-6-5-7-14(18)9-13/h5-7,9,12,15H,4,8,10-11H2,1-3H3,(H,19,22)/t15-/m1/s1. The van der Waals surface area contributed by atoms with Crippen LogP contribution in [0.25, 0.3) is 0 Å². The number of nitrogens with one attached hydrogen (secondary N) is 1. The minimum Gasteiger partial charge on any atom is -0.390 e. The number of halogens is 1. The lowest BCUT2D eigenvalue weighted by atomic mass is 10.0. The van der Waals surface area contributed by atoms with E-state index in [-0.39, 0.29) is 24.0 Å². The fraction of sp³-hybridized carbons (Fsp3) is 0.529. The number of urea groups is 1. The Balaban J connectivity index is 1.94. The summed E-state index contributed by atoms with van der Waals surface area (Å²) in [7, 11) is 0. The van der Waals surface area contributed by atoms with Crippen molar-refractivity contribution in [3.05, 3.63) is 35.6 Å². The van der Waals surface area contributed by atoms with E-state index in [9.17, 15) is 9.18 Å². The molecule has 2 amide bonds. The number of benzene rings is 1. The first kappa shape index (κ1) is 17.2. The van der Waals surface area contributed by atoms with Gasteiger partial charge in [0.15, 0.2) is 6.10 Å². The molecule has 0 radical (unpaired) electrons. The number of hydrogen-bond donors (Lipinski definition) is 1. The largest absolute Gasteiger partial charge is 0.390 e. The van der Waals surface area contributed by atoms with Gasteiger partial charge in [0.25, 0.3) is 0 Å². The number of carbonyl (C=O) groups excluding carboxylic acids is 1. The van der Waals surface area contributed by atoms with Crippen molar-refractivity contribution in [1.82, 2.24) is 10.2 Å². The highest BCUT2D eigenvalue weighted by molar-refractivity contribution is 6.01. The van der Waals surface area contributed by atoms with Gasteiger partial charge >= 0.3 is 6.03 Å².